The maximum atomic E-state index is 2.62. The van der Waals surface area contributed by atoms with Crippen LogP contribution in [-0.4, -0.2) is 3.21 Å². The van der Waals surface area contributed by atoms with E-state index in [9.17, 15) is 0 Å². The Labute approximate surface area is 351 Å². The van der Waals surface area contributed by atoms with E-state index in [2.05, 4.69) is 155 Å². The molecule has 0 amide bonds. The SMILES string of the molecule is C[C-]1C2=C3Cc4ccccc4C3=C3C=CCCC3C2(C)C(C)(C)C(C)(C)C1(C)C.C[C](=[Zr+2])c1ccccc1.Cc1cc(C2(C)CCCCC2)c[cH-]1.[Cl-].[Cl-]. The van der Waals surface area contributed by atoms with E-state index in [1.807, 2.05) is 6.07 Å². The zero-order valence-electron chi connectivity index (χ0n) is 34.6. The van der Waals surface area contributed by atoms with Crippen LogP contribution in [0.3, 0.4) is 0 Å². The van der Waals surface area contributed by atoms with E-state index in [1.165, 1.54) is 94.6 Å². The molecular formula is C50H64Cl2Zr-2. The van der Waals surface area contributed by atoms with Crippen LogP contribution in [0.15, 0.2) is 102 Å². The Balaban J connectivity index is 0.000000216. The van der Waals surface area contributed by atoms with Crippen molar-refractivity contribution in [3.63, 3.8) is 0 Å². The van der Waals surface area contributed by atoms with Gasteiger partial charge in [0.1, 0.15) is 0 Å². The van der Waals surface area contributed by atoms with Gasteiger partial charge in [-0.05, 0) is 40.6 Å². The Morgan fingerprint density at radius 3 is 2.04 bits per heavy atom. The maximum Gasteiger partial charge on any atom is -0.0533 e. The summed E-state index contributed by atoms with van der Waals surface area (Å²) in [6, 6.07) is 26.6. The van der Waals surface area contributed by atoms with Gasteiger partial charge in [0.2, 0.25) is 0 Å². The largest absolute Gasteiger partial charge is 1.00 e. The van der Waals surface area contributed by atoms with Crippen LogP contribution in [0, 0.1) is 40.4 Å². The van der Waals surface area contributed by atoms with Gasteiger partial charge in [-0.2, -0.15) is 34.4 Å². The third kappa shape index (κ3) is 7.33. The Morgan fingerprint density at radius 1 is 0.830 bits per heavy atom. The summed E-state index contributed by atoms with van der Waals surface area (Å²) in [6.07, 6.45) is 15.5. The van der Waals surface area contributed by atoms with E-state index >= 15 is 0 Å². The van der Waals surface area contributed by atoms with Crippen LogP contribution < -0.4 is 24.8 Å². The summed E-state index contributed by atoms with van der Waals surface area (Å²) >= 11 is 1.51. The molecule has 53 heavy (non-hydrogen) atoms. The first-order valence-electron chi connectivity index (χ1n) is 19.9. The molecule has 3 aromatic rings. The van der Waals surface area contributed by atoms with E-state index in [-0.39, 0.29) is 46.5 Å². The van der Waals surface area contributed by atoms with Gasteiger partial charge in [0.05, 0.1) is 0 Å². The fourth-order valence-corrected chi connectivity index (χ4v) is 11.2. The number of fused-ring (bicyclic) bond motifs is 6. The number of hydrogen-bond acceptors (Lipinski definition) is 0. The molecule has 0 aliphatic heterocycles. The van der Waals surface area contributed by atoms with Crippen molar-refractivity contribution in [3.05, 3.63) is 135 Å². The van der Waals surface area contributed by atoms with Crippen LogP contribution in [0.25, 0.3) is 5.57 Å². The summed E-state index contributed by atoms with van der Waals surface area (Å²) in [4.78, 5) is 0. The quantitative estimate of drug-likeness (QED) is 0.233. The summed E-state index contributed by atoms with van der Waals surface area (Å²) in [5, 5.41) is 0. The Bertz CT molecular complexity index is 1860. The monoisotopic (exact) mass is 824 g/mol. The number of rotatable bonds is 2. The average molecular weight is 827 g/mol. The van der Waals surface area contributed by atoms with Crippen molar-refractivity contribution in [3.8, 4) is 0 Å². The van der Waals surface area contributed by atoms with Gasteiger partial charge in [-0.15, -0.1) is 6.92 Å². The molecule has 284 valence electrons. The maximum absolute atomic E-state index is 2.62. The van der Waals surface area contributed by atoms with E-state index in [0.29, 0.717) is 11.3 Å². The smallest absolute Gasteiger partial charge is 0.0533 e. The van der Waals surface area contributed by atoms with Gasteiger partial charge in [-0.1, -0.05) is 165 Å². The summed E-state index contributed by atoms with van der Waals surface area (Å²) in [5.41, 5.74) is 15.2. The molecule has 0 bridgehead atoms. The molecular weight excluding hydrogens is 763 g/mol. The molecule has 0 nitrogen and oxygen atoms in total. The van der Waals surface area contributed by atoms with Gasteiger partial charge in [0.25, 0.3) is 0 Å². The van der Waals surface area contributed by atoms with Crippen LogP contribution in [0.4, 0.5) is 0 Å². The number of hydrogen-bond donors (Lipinski definition) is 0. The van der Waals surface area contributed by atoms with Crippen molar-refractivity contribution in [2.45, 2.75) is 133 Å². The molecule has 0 saturated heterocycles. The van der Waals surface area contributed by atoms with Gasteiger partial charge in [-0.3, -0.25) is 0 Å². The zero-order chi connectivity index (χ0) is 37.0. The molecule has 0 aromatic heterocycles. The van der Waals surface area contributed by atoms with Crippen LogP contribution in [0.2, 0.25) is 0 Å². The van der Waals surface area contributed by atoms with Crippen molar-refractivity contribution in [1.82, 2.24) is 0 Å². The van der Waals surface area contributed by atoms with Gasteiger partial charge in [0.15, 0.2) is 0 Å². The van der Waals surface area contributed by atoms with E-state index < -0.39 is 0 Å². The molecule has 5 aliphatic rings. The summed E-state index contributed by atoms with van der Waals surface area (Å²) in [7, 11) is 0. The third-order valence-electron chi connectivity index (χ3n) is 15.6. The zero-order valence-corrected chi connectivity index (χ0v) is 38.5. The van der Waals surface area contributed by atoms with Gasteiger partial charge < -0.3 is 24.8 Å². The number of aryl methyl sites for hydroxylation is 1. The van der Waals surface area contributed by atoms with Gasteiger partial charge >= 0.3 is 70.3 Å². The molecule has 2 unspecified atom stereocenters. The minimum absolute atomic E-state index is 0. The van der Waals surface area contributed by atoms with Crippen molar-refractivity contribution < 1.29 is 49.0 Å². The molecule has 0 radical (unpaired) electrons. The van der Waals surface area contributed by atoms with Gasteiger partial charge in [0, 0.05) is 0 Å². The summed E-state index contributed by atoms with van der Waals surface area (Å²) < 4.78 is 1.46. The molecule has 2 atom stereocenters. The predicted molar refractivity (Wildman–Crippen MR) is 218 cm³/mol. The second-order valence-corrected chi connectivity index (χ2v) is 20.4. The molecule has 2 fully saturated rings. The van der Waals surface area contributed by atoms with Crippen LogP contribution >= 0.6 is 0 Å². The van der Waals surface area contributed by atoms with Gasteiger partial charge in [-0.25, -0.2) is 12.0 Å². The number of allylic oxidation sites excluding steroid dienone is 6. The Kier molecular flexibility index (Phi) is 13.6. The summed E-state index contributed by atoms with van der Waals surface area (Å²) in [5.74, 6) is 2.24. The first-order valence-corrected chi connectivity index (χ1v) is 21.1. The summed E-state index contributed by atoms with van der Waals surface area (Å²) in [6.45, 7) is 27.1. The molecule has 0 spiro atoms. The third-order valence-corrected chi connectivity index (χ3v) is 16.3. The van der Waals surface area contributed by atoms with Crippen molar-refractivity contribution in [1.29, 1.82) is 0 Å². The first kappa shape index (κ1) is 43.9. The molecule has 0 N–H and O–H groups in total. The first-order chi connectivity index (χ1) is 24.0. The predicted octanol–water partition coefficient (Wildman–Crippen LogP) is 7.68. The molecule has 3 heteroatoms. The topological polar surface area (TPSA) is 0 Å². The van der Waals surface area contributed by atoms with Crippen molar-refractivity contribution in [2.75, 3.05) is 0 Å². The average Bonchev–Trinajstić information content (AvgIpc) is 3.73. The van der Waals surface area contributed by atoms with Crippen molar-refractivity contribution in [2.24, 2.45) is 27.6 Å². The van der Waals surface area contributed by atoms with Crippen LogP contribution in [-0.2, 0) is 36.1 Å². The Hall–Kier alpha value is -1.79. The minimum Gasteiger partial charge on any atom is -1.00 e. The van der Waals surface area contributed by atoms with E-state index in [1.54, 1.807) is 33.8 Å². The van der Waals surface area contributed by atoms with Crippen LogP contribution in [0.1, 0.15) is 142 Å². The van der Waals surface area contributed by atoms with Crippen LogP contribution in [0.5, 0.6) is 0 Å². The molecule has 0 heterocycles. The Morgan fingerprint density at radius 2 is 1.45 bits per heavy atom. The second kappa shape index (κ2) is 16.4. The van der Waals surface area contributed by atoms with E-state index in [0.717, 1.165) is 6.42 Å². The second-order valence-electron chi connectivity index (χ2n) is 18.5. The van der Waals surface area contributed by atoms with E-state index in [4.69, 9.17) is 0 Å². The standard InChI is InChI=1S/C29H37.C13H19.C8H8.2ClH.Zr/c1-18-25-22-17-19-13-9-10-14-20(19)24(22)21-15-11-12-16-23(21)29(25,8)28(6,7)27(4,5)26(18,2)3;1-11-6-7-12(10-11)13(2)8-4-3-5-9-13;1-2-8-6-4-3-5-7-8;;;/h9-11,13-15,23H,12,16-17H2,1-8H3;6-7,10H,3-5,8-9H2,1-2H3;3-7H,1H3;2*1H;/q2*-1;;;;+2/p-2. The van der Waals surface area contributed by atoms with Crippen molar-refractivity contribution >= 4 is 8.78 Å². The fraction of sp³-hybridized carbons (Fsp3) is 0.500. The molecule has 8 rings (SSSR count). The normalized spacial score (nSPS) is 25.1. The number of benzene rings is 2. The molecule has 2 saturated carbocycles. The molecule has 3 aromatic carbocycles. The fourth-order valence-electron chi connectivity index (χ4n) is 10.8. The molecule has 5 aliphatic carbocycles. The minimum atomic E-state index is 0. The number of halogens is 2.